The van der Waals surface area contributed by atoms with Crippen molar-refractivity contribution in [2.45, 2.75) is 0 Å². The van der Waals surface area contributed by atoms with Crippen molar-refractivity contribution in [2.24, 2.45) is 10.8 Å². The Morgan fingerprint density at radius 1 is 1.38 bits per heavy atom. The molecule has 2 rings (SSSR count). The van der Waals surface area contributed by atoms with Crippen LogP contribution < -0.4 is 15.9 Å². The molecule has 0 aliphatic rings. The monoisotopic (exact) mass is 325 g/mol. The Balaban J connectivity index is 2.22. The van der Waals surface area contributed by atoms with Crippen molar-refractivity contribution in [1.29, 1.82) is 5.26 Å². The van der Waals surface area contributed by atoms with Crippen LogP contribution in [0.25, 0.3) is 0 Å². The lowest BCUT2D eigenvalue weighted by molar-refractivity contribution is -0.384. The fraction of sp³-hybridized carbons (Fsp3) is 0. The molecule has 0 aliphatic heterocycles. The van der Waals surface area contributed by atoms with E-state index >= 15 is 0 Å². The summed E-state index contributed by atoms with van der Waals surface area (Å²) in [4.78, 5) is 20.7. The highest BCUT2D eigenvalue weighted by molar-refractivity contribution is 5.82. The van der Waals surface area contributed by atoms with Gasteiger partial charge in [0.2, 0.25) is 0 Å². The van der Waals surface area contributed by atoms with E-state index in [1.54, 1.807) is 24.3 Å². The van der Waals surface area contributed by atoms with Crippen LogP contribution in [0.1, 0.15) is 11.1 Å². The number of carbonyl (C=O) groups is 1. The van der Waals surface area contributed by atoms with Gasteiger partial charge in [-0.15, -0.1) is 0 Å². The van der Waals surface area contributed by atoms with Crippen LogP contribution in [0, 0.1) is 21.4 Å². The van der Waals surface area contributed by atoms with Gasteiger partial charge >= 0.3 is 6.03 Å². The number of rotatable bonds is 5. The molecule has 0 bridgehead atoms. The largest absolute Gasteiger partial charge is 0.456 e. The third-order valence-corrected chi connectivity index (χ3v) is 2.77. The smallest absolute Gasteiger partial charge is 0.332 e. The first-order valence-corrected chi connectivity index (χ1v) is 6.54. The molecule has 9 nitrogen and oxygen atoms in total. The molecule has 0 radical (unpaired) electrons. The molecule has 0 saturated carbocycles. The summed E-state index contributed by atoms with van der Waals surface area (Å²) >= 11 is 0. The summed E-state index contributed by atoms with van der Waals surface area (Å²) in [6, 6.07) is 11.4. The molecule has 0 saturated heterocycles. The Hall–Kier alpha value is -3.93. The average Bonchev–Trinajstić information content (AvgIpc) is 2.55. The number of hydrogen-bond acceptors (Lipinski definition) is 6. The van der Waals surface area contributed by atoms with E-state index in [-0.39, 0.29) is 17.0 Å². The Morgan fingerprint density at radius 3 is 2.83 bits per heavy atom. The number of nitrogens with one attached hydrogen (secondary N) is 1. The van der Waals surface area contributed by atoms with Crippen molar-refractivity contribution in [2.75, 3.05) is 0 Å². The molecule has 0 spiro atoms. The molecule has 9 heteroatoms. The van der Waals surface area contributed by atoms with Crippen LogP contribution in [0.2, 0.25) is 0 Å². The minimum Gasteiger partial charge on any atom is -0.456 e. The van der Waals surface area contributed by atoms with E-state index < -0.39 is 11.0 Å². The maximum atomic E-state index is 10.7. The lowest BCUT2D eigenvalue weighted by Gasteiger charge is -2.07. The molecule has 0 atom stereocenters. The molecule has 3 N–H and O–H groups in total. The highest BCUT2D eigenvalue weighted by atomic mass is 16.6. The summed E-state index contributed by atoms with van der Waals surface area (Å²) in [5.41, 5.74) is 7.40. The number of hydrogen-bond donors (Lipinski definition) is 2. The normalized spacial score (nSPS) is 10.1. The number of nitro groups is 1. The molecule has 0 aromatic heterocycles. The molecular formula is C15H11N5O4. The van der Waals surface area contributed by atoms with Crippen molar-refractivity contribution in [3.05, 3.63) is 63.7 Å². The molecule has 120 valence electrons. The SMILES string of the molecule is N#Cc1cc([N+](=O)[O-])ccc1Oc1cccc(/C=N\NC(N)=O)c1. The summed E-state index contributed by atoms with van der Waals surface area (Å²) < 4.78 is 5.58. The summed E-state index contributed by atoms with van der Waals surface area (Å²) in [6.07, 6.45) is 1.36. The molecule has 0 unspecified atom stereocenters. The van der Waals surface area contributed by atoms with Crippen molar-refractivity contribution in [3.8, 4) is 17.6 Å². The van der Waals surface area contributed by atoms with E-state index in [9.17, 15) is 14.9 Å². The Kier molecular flexibility index (Phi) is 5.05. The number of hydrazone groups is 1. The van der Waals surface area contributed by atoms with Gasteiger partial charge in [-0.3, -0.25) is 10.1 Å². The van der Waals surface area contributed by atoms with Crippen molar-refractivity contribution in [1.82, 2.24) is 5.43 Å². The van der Waals surface area contributed by atoms with Gasteiger partial charge in [0.05, 0.1) is 11.1 Å². The second-order valence-corrected chi connectivity index (χ2v) is 4.46. The number of primary amides is 1. The second-order valence-electron chi connectivity index (χ2n) is 4.46. The van der Waals surface area contributed by atoms with E-state index in [1.165, 1.54) is 18.3 Å². The van der Waals surface area contributed by atoms with E-state index in [2.05, 4.69) is 10.5 Å². The van der Waals surface area contributed by atoms with Crippen molar-refractivity contribution < 1.29 is 14.5 Å². The zero-order valence-corrected chi connectivity index (χ0v) is 12.2. The topological polar surface area (TPSA) is 144 Å². The first-order valence-electron chi connectivity index (χ1n) is 6.54. The van der Waals surface area contributed by atoms with Crippen LogP contribution in [0.15, 0.2) is 47.6 Å². The van der Waals surface area contributed by atoms with Gasteiger partial charge in [-0.05, 0) is 23.8 Å². The number of nitrogens with two attached hydrogens (primary N) is 1. The maximum Gasteiger partial charge on any atom is 0.332 e. The molecule has 24 heavy (non-hydrogen) atoms. The summed E-state index contributed by atoms with van der Waals surface area (Å²) in [6.45, 7) is 0. The van der Waals surface area contributed by atoms with E-state index in [0.29, 0.717) is 11.3 Å². The number of amides is 2. The highest BCUT2D eigenvalue weighted by Gasteiger charge is 2.12. The number of benzene rings is 2. The molecule has 2 aromatic carbocycles. The molecule has 0 aliphatic carbocycles. The minimum absolute atomic E-state index is 0.0404. The molecular weight excluding hydrogens is 314 g/mol. The molecule has 2 amide bonds. The number of urea groups is 1. The van der Waals surface area contributed by atoms with Crippen LogP contribution in [-0.2, 0) is 0 Å². The van der Waals surface area contributed by atoms with Gasteiger partial charge in [-0.25, -0.2) is 10.2 Å². The number of nitriles is 1. The first-order chi connectivity index (χ1) is 11.5. The van der Waals surface area contributed by atoms with Crippen LogP contribution in [0.4, 0.5) is 10.5 Å². The summed E-state index contributed by atoms with van der Waals surface area (Å²) in [5, 5.41) is 23.5. The molecule has 0 heterocycles. The third kappa shape index (κ3) is 4.28. The zero-order chi connectivity index (χ0) is 17.5. The Morgan fingerprint density at radius 2 is 2.17 bits per heavy atom. The third-order valence-electron chi connectivity index (χ3n) is 2.77. The van der Waals surface area contributed by atoms with Gasteiger partial charge in [0.1, 0.15) is 23.1 Å². The van der Waals surface area contributed by atoms with Gasteiger partial charge in [-0.1, -0.05) is 12.1 Å². The lowest BCUT2D eigenvalue weighted by atomic mass is 10.2. The predicted molar refractivity (Wildman–Crippen MR) is 84.6 cm³/mol. The predicted octanol–water partition coefficient (Wildman–Crippen LogP) is 2.26. The van der Waals surface area contributed by atoms with Gasteiger partial charge in [-0.2, -0.15) is 10.4 Å². The van der Waals surface area contributed by atoms with Gasteiger partial charge in [0.15, 0.2) is 0 Å². The second kappa shape index (κ2) is 7.37. The fourth-order valence-corrected chi connectivity index (χ4v) is 1.76. The number of carbonyl (C=O) groups excluding carboxylic acids is 1. The standard InChI is InChI=1S/C15H11N5O4/c16-8-11-7-12(20(22)23)4-5-14(11)24-13-3-1-2-10(6-13)9-18-19-15(17)21/h1-7,9H,(H3,17,19,21)/b18-9-. The van der Waals surface area contributed by atoms with E-state index in [1.807, 2.05) is 6.07 Å². The Labute approximate surface area is 136 Å². The van der Waals surface area contributed by atoms with Crippen LogP contribution in [0.5, 0.6) is 11.5 Å². The van der Waals surface area contributed by atoms with Crippen LogP contribution in [0.3, 0.4) is 0 Å². The van der Waals surface area contributed by atoms with Gasteiger partial charge < -0.3 is 10.5 Å². The summed E-state index contributed by atoms with van der Waals surface area (Å²) in [5.74, 6) is 0.579. The maximum absolute atomic E-state index is 10.7. The van der Waals surface area contributed by atoms with Crippen LogP contribution >= 0.6 is 0 Å². The number of nitrogens with zero attached hydrogens (tertiary/aromatic N) is 3. The van der Waals surface area contributed by atoms with Gasteiger partial charge in [0, 0.05) is 12.1 Å². The zero-order valence-electron chi connectivity index (χ0n) is 12.2. The highest BCUT2D eigenvalue weighted by Crippen LogP contribution is 2.28. The number of non-ortho nitro benzene ring substituents is 1. The molecule has 2 aromatic rings. The number of ether oxygens (including phenoxy) is 1. The van der Waals surface area contributed by atoms with E-state index in [4.69, 9.17) is 15.7 Å². The van der Waals surface area contributed by atoms with Crippen LogP contribution in [-0.4, -0.2) is 17.2 Å². The van der Waals surface area contributed by atoms with Gasteiger partial charge in [0.25, 0.3) is 5.69 Å². The minimum atomic E-state index is -0.789. The molecule has 0 fully saturated rings. The fourth-order valence-electron chi connectivity index (χ4n) is 1.76. The van der Waals surface area contributed by atoms with Crippen molar-refractivity contribution >= 4 is 17.9 Å². The lowest BCUT2D eigenvalue weighted by Crippen LogP contribution is -2.24. The van der Waals surface area contributed by atoms with Crippen molar-refractivity contribution in [3.63, 3.8) is 0 Å². The average molecular weight is 325 g/mol. The Bertz CT molecular complexity index is 857. The quantitative estimate of drug-likeness (QED) is 0.492. The first kappa shape index (κ1) is 16.4. The van der Waals surface area contributed by atoms with E-state index in [0.717, 1.165) is 6.07 Å². The summed E-state index contributed by atoms with van der Waals surface area (Å²) in [7, 11) is 0. The number of nitro benzene ring substituents is 1.